The standard InChI is InChI=1S/C10H10N2O7/c1-6(2)18-10(13)19-9-4-3-7(11(14)15)5-8(9)12(16)17/h3-6H,1-2H3. The number of nitrogens with zero attached hydrogens (tertiary/aromatic N) is 2. The van der Waals surface area contributed by atoms with Gasteiger partial charge in [-0.25, -0.2) is 4.79 Å². The maximum absolute atomic E-state index is 11.2. The van der Waals surface area contributed by atoms with Crippen LogP contribution in [0.5, 0.6) is 5.75 Å². The normalized spacial score (nSPS) is 10.1. The topological polar surface area (TPSA) is 122 Å². The lowest BCUT2D eigenvalue weighted by Gasteiger charge is -2.08. The fraction of sp³-hybridized carbons (Fsp3) is 0.300. The average Bonchev–Trinajstić information content (AvgIpc) is 2.27. The number of hydrogen-bond acceptors (Lipinski definition) is 7. The summed E-state index contributed by atoms with van der Waals surface area (Å²) in [5, 5.41) is 21.3. The highest BCUT2D eigenvalue weighted by Gasteiger charge is 2.23. The van der Waals surface area contributed by atoms with Gasteiger partial charge in [0.05, 0.1) is 22.0 Å². The van der Waals surface area contributed by atoms with Gasteiger partial charge in [0.1, 0.15) is 0 Å². The SMILES string of the molecule is CC(C)OC(=O)Oc1ccc([N+](=O)[O-])cc1[N+](=O)[O-]. The fourth-order valence-electron chi connectivity index (χ4n) is 1.15. The minimum absolute atomic E-state index is 0.416. The second-order valence-electron chi connectivity index (χ2n) is 3.68. The Labute approximate surface area is 107 Å². The number of non-ortho nitro benzene ring substituents is 1. The van der Waals surface area contributed by atoms with Crippen molar-refractivity contribution in [3.8, 4) is 5.75 Å². The van der Waals surface area contributed by atoms with Crippen molar-refractivity contribution < 1.29 is 24.1 Å². The highest BCUT2D eigenvalue weighted by atomic mass is 16.7. The summed E-state index contributed by atoms with van der Waals surface area (Å²) in [6, 6.07) is 2.67. The van der Waals surface area contributed by atoms with Gasteiger partial charge in [0, 0.05) is 6.07 Å². The van der Waals surface area contributed by atoms with Crippen LogP contribution in [-0.4, -0.2) is 22.1 Å². The first-order chi connectivity index (χ1) is 8.81. The van der Waals surface area contributed by atoms with Gasteiger partial charge in [-0.05, 0) is 19.9 Å². The Bertz CT molecular complexity index is 527. The van der Waals surface area contributed by atoms with Crippen molar-refractivity contribution in [2.45, 2.75) is 20.0 Å². The molecule has 1 aromatic carbocycles. The molecule has 0 fully saturated rings. The van der Waals surface area contributed by atoms with Crippen LogP contribution < -0.4 is 4.74 Å². The summed E-state index contributed by atoms with van der Waals surface area (Å²) >= 11 is 0. The molecule has 0 saturated heterocycles. The highest BCUT2D eigenvalue weighted by Crippen LogP contribution is 2.31. The van der Waals surface area contributed by atoms with Crippen molar-refractivity contribution >= 4 is 17.5 Å². The molecule has 1 aromatic rings. The summed E-state index contributed by atoms with van der Waals surface area (Å²) < 4.78 is 9.28. The van der Waals surface area contributed by atoms with Crippen LogP contribution in [0.25, 0.3) is 0 Å². The van der Waals surface area contributed by atoms with Gasteiger partial charge in [0.2, 0.25) is 5.75 Å². The predicted molar refractivity (Wildman–Crippen MR) is 62.0 cm³/mol. The third-order valence-electron chi connectivity index (χ3n) is 1.88. The van der Waals surface area contributed by atoms with Crippen LogP contribution in [0.15, 0.2) is 18.2 Å². The Balaban J connectivity index is 3.04. The molecular weight excluding hydrogens is 260 g/mol. The summed E-state index contributed by atoms with van der Waals surface area (Å²) in [6.07, 6.45) is -1.57. The third-order valence-corrected chi connectivity index (χ3v) is 1.88. The molecular formula is C10H10N2O7. The van der Waals surface area contributed by atoms with Crippen LogP contribution in [0.2, 0.25) is 0 Å². The molecule has 0 unspecified atom stereocenters. The molecule has 0 atom stereocenters. The van der Waals surface area contributed by atoms with Gasteiger partial charge in [-0.2, -0.15) is 0 Å². The predicted octanol–water partition coefficient (Wildman–Crippen LogP) is 2.43. The lowest BCUT2D eigenvalue weighted by molar-refractivity contribution is -0.394. The second kappa shape index (κ2) is 5.76. The number of carbonyl (C=O) groups is 1. The highest BCUT2D eigenvalue weighted by molar-refractivity contribution is 5.67. The molecule has 0 aliphatic carbocycles. The van der Waals surface area contributed by atoms with E-state index in [9.17, 15) is 25.0 Å². The van der Waals surface area contributed by atoms with Gasteiger partial charge in [0.25, 0.3) is 5.69 Å². The van der Waals surface area contributed by atoms with Crippen molar-refractivity contribution in [1.29, 1.82) is 0 Å². The van der Waals surface area contributed by atoms with Crippen LogP contribution in [0.1, 0.15) is 13.8 Å². The molecule has 9 heteroatoms. The van der Waals surface area contributed by atoms with Crippen molar-refractivity contribution in [3.63, 3.8) is 0 Å². The largest absolute Gasteiger partial charge is 0.514 e. The molecule has 0 aliphatic heterocycles. The van der Waals surface area contributed by atoms with Gasteiger partial charge < -0.3 is 9.47 Å². The molecule has 0 heterocycles. The minimum atomic E-state index is -1.12. The minimum Gasteiger partial charge on any atom is -0.431 e. The van der Waals surface area contributed by atoms with Gasteiger partial charge in [-0.1, -0.05) is 0 Å². The number of nitro groups is 2. The molecule has 0 bridgehead atoms. The fourth-order valence-corrected chi connectivity index (χ4v) is 1.15. The first-order valence-corrected chi connectivity index (χ1v) is 5.12. The Kier molecular flexibility index (Phi) is 4.35. The second-order valence-corrected chi connectivity index (χ2v) is 3.68. The number of rotatable bonds is 4. The number of nitro benzene ring substituents is 2. The van der Waals surface area contributed by atoms with Crippen LogP contribution in [-0.2, 0) is 4.74 Å². The summed E-state index contributed by atoms with van der Waals surface area (Å²) in [6.45, 7) is 3.15. The zero-order chi connectivity index (χ0) is 14.6. The van der Waals surface area contributed by atoms with Crippen LogP contribution >= 0.6 is 0 Å². The molecule has 102 valence electrons. The van der Waals surface area contributed by atoms with E-state index >= 15 is 0 Å². The summed E-state index contributed by atoms with van der Waals surface area (Å²) in [4.78, 5) is 30.8. The number of benzene rings is 1. The smallest absolute Gasteiger partial charge is 0.431 e. The van der Waals surface area contributed by atoms with Crippen LogP contribution in [0, 0.1) is 20.2 Å². The molecule has 0 N–H and O–H groups in total. The van der Waals surface area contributed by atoms with Gasteiger partial charge in [0.15, 0.2) is 0 Å². The number of hydrogen-bond donors (Lipinski definition) is 0. The lowest BCUT2D eigenvalue weighted by atomic mass is 10.2. The zero-order valence-electron chi connectivity index (χ0n) is 10.1. The first kappa shape index (κ1) is 14.4. The molecule has 0 radical (unpaired) electrons. The van der Waals surface area contributed by atoms with E-state index in [0.717, 1.165) is 12.1 Å². The van der Waals surface area contributed by atoms with Crippen LogP contribution in [0.4, 0.5) is 16.2 Å². The van der Waals surface area contributed by atoms with Crippen molar-refractivity contribution in [2.75, 3.05) is 0 Å². The van der Waals surface area contributed by atoms with E-state index in [1.165, 1.54) is 0 Å². The van der Waals surface area contributed by atoms with E-state index in [-0.39, 0.29) is 0 Å². The molecule has 1 rings (SSSR count). The molecule has 9 nitrogen and oxygen atoms in total. The van der Waals surface area contributed by atoms with Crippen molar-refractivity contribution in [1.82, 2.24) is 0 Å². The molecule has 19 heavy (non-hydrogen) atoms. The molecule has 0 aliphatic rings. The Morgan fingerprint density at radius 1 is 1.21 bits per heavy atom. The first-order valence-electron chi connectivity index (χ1n) is 5.12. The van der Waals surface area contributed by atoms with Gasteiger partial charge in [-0.15, -0.1) is 0 Å². The van der Waals surface area contributed by atoms with E-state index in [2.05, 4.69) is 9.47 Å². The molecule has 0 amide bonds. The van der Waals surface area contributed by atoms with Crippen molar-refractivity contribution in [3.05, 3.63) is 38.4 Å². The van der Waals surface area contributed by atoms with Gasteiger partial charge >= 0.3 is 11.8 Å². The lowest BCUT2D eigenvalue weighted by Crippen LogP contribution is -2.16. The van der Waals surface area contributed by atoms with E-state index in [0.29, 0.717) is 6.07 Å². The third kappa shape index (κ3) is 3.91. The van der Waals surface area contributed by atoms with E-state index in [1.807, 2.05) is 0 Å². The van der Waals surface area contributed by atoms with Gasteiger partial charge in [-0.3, -0.25) is 20.2 Å². The molecule has 0 spiro atoms. The number of carbonyl (C=O) groups excluding carboxylic acids is 1. The Hall–Kier alpha value is -2.71. The van der Waals surface area contributed by atoms with E-state index < -0.39 is 39.2 Å². The quantitative estimate of drug-likeness (QED) is 0.356. The van der Waals surface area contributed by atoms with E-state index in [4.69, 9.17) is 0 Å². The van der Waals surface area contributed by atoms with Crippen molar-refractivity contribution in [2.24, 2.45) is 0 Å². The molecule has 0 aromatic heterocycles. The maximum atomic E-state index is 11.2. The van der Waals surface area contributed by atoms with E-state index in [1.54, 1.807) is 13.8 Å². The molecule has 0 saturated carbocycles. The maximum Gasteiger partial charge on any atom is 0.514 e. The van der Waals surface area contributed by atoms with Crippen LogP contribution in [0.3, 0.4) is 0 Å². The Morgan fingerprint density at radius 3 is 2.32 bits per heavy atom. The number of ether oxygens (including phenoxy) is 2. The average molecular weight is 270 g/mol. The summed E-state index contributed by atoms with van der Waals surface area (Å²) in [5.74, 6) is -0.416. The Morgan fingerprint density at radius 2 is 1.84 bits per heavy atom. The zero-order valence-corrected chi connectivity index (χ0v) is 10.1. The summed E-state index contributed by atoms with van der Waals surface area (Å²) in [5.41, 5.74) is -1.16. The monoisotopic (exact) mass is 270 g/mol. The summed E-state index contributed by atoms with van der Waals surface area (Å²) in [7, 11) is 0.